The molecule has 102 valence electrons. The molecule has 0 bridgehead atoms. The molecule has 18 heavy (non-hydrogen) atoms. The van der Waals surface area contributed by atoms with E-state index in [1.54, 1.807) is 25.1 Å². The van der Waals surface area contributed by atoms with Gasteiger partial charge >= 0.3 is 0 Å². The van der Waals surface area contributed by atoms with Crippen molar-refractivity contribution in [3.63, 3.8) is 0 Å². The van der Waals surface area contributed by atoms with Gasteiger partial charge in [0.15, 0.2) is 0 Å². The van der Waals surface area contributed by atoms with Crippen molar-refractivity contribution in [1.29, 1.82) is 0 Å². The molecule has 0 radical (unpaired) electrons. The van der Waals surface area contributed by atoms with Crippen LogP contribution in [0.2, 0.25) is 0 Å². The van der Waals surface area contributed by atoms with Gasteiger partial charge in [-0.2, -0.15) is 0 Å². The molecule has 5 nitrogen and oxygen atoms in total. The minimum Gasteiger partial charge on any atom is -0.398 e. The van der Waals surface area contributed by atoms with Gasteiger partial charge in [-0.25, -0.2) is 13.1 Å². The van der Waals surface area contributed by atoms with Gasteiger partial charge in [-0.3, -0.25) is 0 Å². The van der Waals surface area contributed by atoms with E-state index in [1.165, 1.54) is 6.07 Å². The number of aliphatic hydroxyl groups excluding tert-OH is 1. The van der Waals surface area contributed by atoms with Crippen molar-refractivity contribution in [2.75, 3.05) is 12.3 Å². The van der Waals surface area contributed by atoms with Gasteiger partial charge in [-0.15, -0.1) is 0 Å². The number of nitrogens with two attached hydrogens (primary N) is 1. The Morgan fingerprint density at radius 3 is 2.50 bits per heavy atom. The summed E-state index contributed by atoms with van der Waals surface area (Å²) in [5.74, 6) is 0. The number of nitrogen functional groups attached to an aromatic ring is 1. The van der Waals surface area contributed by atoms with Crippen molar-refractivity contribution in [3.05, 3.63) is 24.3 Å². The van der Waals surface area contributed by atoms with Crippen LogP contribution < -0.4 is 10.5 Å². The summed E-state index contributed by atoms with van der Waals surface area (Å²) in [7, 11) is -3.67. The Morgan fingerprint density at radius 1 is 1.39 bits per heavy atom. The average molecular weight is 272 g/mol. The van der Waals surface area contributed by atoms with E-state index in [9.17, 15) is 8.42 Å². The van der Waals surface area contributed by atoms with Crippen molar-refractivity contribution in [1.82, 2.24) is 4.72 Å². The Balaban J connectivity index is 3.06. The molecule has 1 aromatic carbocycles. The third-order valence-corrected chi connectivity index (χ3v) is 4.75. The number of benzene rings is 1. The zero-order valence-corrected chi connectivity index (χ0v) is 11.5. The highest BCUT2D eigenvalue weighted by molar-refractivity contribution is 7.89. The monoisotopic (exact) mass is 272 g/mol. The SMILES string of the molecule is CCC(C)(CCO)NS(=O)(=O)c1ccccc1N. The van der Waals surface area contributed by atoms with Gasteiger partial charge in [0.2, 0.25) is 10.0 Å². The predicted octanol–water partition coefficient (Wildman–Crippen LogP) is 1.10. The molecule has 0 amide bonds. The zero-order valence-electron chi connectivity index (χ0n) is 10.7. The summed E-state index contributed by atoms with van der Waals surface area (Å²) in [4.78, 5) is 0.0719. The fraction of sp³-hybridized carbons (Fsp3) is 0.500. The first-order valence-corrected chi connectivity index (χ1v) is 7.32. The Morgan fingerprint density at radius 2 is 2.00 bits per heavy atom. The van der Waals surface area contributed by atoms with Gasteiger partial charge in [0, 0.05) is 12.1 Å². The average Bonchev–Trinajstić information content (AvgIpc) is 2.29. The van der Waals surface area contributed by atoms with Crippen molar-refractivity contribution in [2.45, 2.75) is 37.1 Å². The lowest BCUT2D eigenvalue weighted by atomic mass is 9.97. The Bertz CT molecular complexity index is 502. The number of nitrogens with one attached hydrogen (secondary N) is 1. The van der Waals surface area contributed by atoms with Gasteiger partial charge in [-0.1, -0.05) is 19.1 Å². The Labute approximate surface area is 108 Å². The first kappa shape index (κ1) is 14.9. The summed E-state index contributed by atoms with van der Waals surface area (Å²) in [6.45, 7) is 3.56. The Kier molecular flexibility index (Phi) is 4.72. The van der Waals surface area contributed by atoms with Gasteiger partial charge < -0.3 is 10.8 Å². The number of hydrogen-bond acceptors (Lipinski definition) is 4. The van der Waals surface area contributed by atoms with Crippen LogP contribution in [0.5, 0.6) is 0 Å². The van der Waals surface area contributed by atoms with Crippen LogP contribution in [0.4, 0.5) is 5.69 Å². The fourth-order valence-electron chi connectivity index (χ4n) is 1.65. The van der Waals surface area contributed by atoms with Gasteiger partial charge in [-0.05, 0) is 31.9 Å². The van der Waals surface area contributed by atoms with E-state index in [2.05, 4.69) is 4.72 Å². The van der Waals surface area contributed by atoms with Crippen molar-refractivity contribution < 1.29 is 13.5 Å². The maximum atomic E-state index is 12.2. The molecule has 0 heterocycles. The van der Waals surface area contributed by atoms with E-state index in [1.807, 2.05) is 6.92 Å². The van der Waals surface area contributed by atoms with Gasteiger partial charge in [0.1, 0.15) is 4.90 Å². The summed E-state index contributed by atoms with van der Waals surface area (Å²) in [5, 5.41) is 9.00. The van der Waals surface area contributed by atoms with E-state index >= 15 is 0 Å². The molecule has 0 aliphatic heterocycles. The van der Waals surface area contributed by atoms with Crippen LogP contribution in [0.3, 0.4) is 0 Å². The molecule has 4 N–H and O–H groups in total. The molecule has 1 aromatic rings. The second-order valence-electron chi connectivity index (χ2n) is 4.53. The minimum absolute atomic E-state index is 0.0719. The first-order chi connectivity index (χ1) is 8.34. The summed E-state index contributed by atoms with van der Waals surface area (Å²) in [6.07, 6.45) is 0.939. The van der Waals surface area contributed by atoms with Crippen molar-refractivity contribution in [2.24, 2.45) is 0 Å². The lowest BCUT2D eigenvalue weighted by Crippen LogP contribution is -2.46. The number of hydrogen-bond donors (Lipinski definition) is 3. The zero-order chi connectivity index (χ0) is 13.8. The molecule has 0 aromatic heterocycles. The van der Waals surface area contributed by atoms with E-state index in [0.717, 1.165) is 0 Å². The standard InChI is InChI=1S/C12H20N2O3S/c1-3-12(2,8-9-15)14-18(16,17)11-7-5-4-6-10(11)13/h4-7,14-15H,3,8-9,13H2,1-2H3. The lowest BCUT2D eigenvalue weighted by molar-refractivity contribution is 0.233. The molecule has 0 saturated carbocycles. The quantitative estimate of drug-likeness (QED) is 0.676. The predicted molar refractivity (Wildman–Crippen MR) is 71.6 cm³/mol. The van der Waals surface area contributed by atoms with Crippen LogP contribution in [0.15, 0.2) is 29.2 Å². The normalized spacial score (nSPS) is 15.3. The number of rotatable bonds is 6. The van der Waals surface area contributed by atoms with Crippen LogP contribution >= 0.6 is 0 Å². The molecule has 0 aliphatic carbocycles. The maximum absolute atomic E-state index is 12.2. The fourth-order valence-corrected chi connectivity index (χ4v) is 3.29. The van der Waals surface area contributed by atoms with E-state index in [0.29, 0.717) is 12.8 Å². The topological polar surface area (TPSA) is 92.4 Å². The molecule has 1 atom stereocenters. The molecule has 0 fully saturated rings. The van der Waals surface area contributed by atoms with E-state index < -0.39 is 15.6 Å². The molecule has 0 saturated heterocycles. The highest BCUT2D eigenvalue weighted by Crippen LogP contribution is 2.22. The van der Waals surface area contributed by atoms with E-state index in [4.69, 9.17) is 10.8 Å². The molecule has 0 spiro atoms. The van der Waals surface area contributed by atoms with Crippen LogP contribution in [-0.4, -0.2) is 25.7 Å². The number of sulfonamides is 1. The second-order valence-corrected chi connectivity index (χ2v) is 6.18. The number of anilines is 1. The highest BCUT2D eigenvalue weighted by atomic mass is 32.2. The highest BCUT2D eigenvalue weighted by Gasteiger charge is 2.29. The molecule has 1 unspecified atom stereocenters. The third-order valence-electron chi connectivity index (χ3n) is 3.03. The summed E-state index contributed by atoms with van der Waals surface area (Å²) < 4.78 is 27.1. The number of aliphatic hydroxyl groups is 1. The van der Waals surface area contributed by atoms with Crippen LogP contribution in [0, 0.1) is 0 Å². The van der Waals surface area contributed by atoms with Gasteiger partial charge in [0.25, 0.3) is 0 Å². The number of para-hydroxylation sites is 1. The van der Waals surface area contributed by atoms with Crippen LogP contribution in [0.1, 0.15) is 26.7 Å². The summed E-state index contributed by atoms with van der Waals surface area (Å²) in [5.41, 5.74) is 5.22. The smallest absolute Gasteiger partial charge is 0.243 e. The van der Waals surface area contributed by atoms with Crippen LogP contribution in [-0.2, 0) is 10.0 Å². The Hall–Kier alpha value is -1.11. The van der Waals surface area contributed by atoms with Crippen molar-refractivity contribution >= 4 is 15.7 Å². The second kappa shape index (κ2) is 5.69. The van der Waals surface area contributed by atoms with Crippen molar-refractivity contribution in [3.8, 4) is 0 Å². The van der Waals surface area contributed by atoms with E-state index in [-0.39, 0.29) is 17.2 Å². The molecule has 0 aliphatic rings. The summed E-state index contributed by atoms with van der Waals surface area (Å²) >= 11 is 0. The maximum Gasteiger partial charge on any atom is 0.243 e. The molecule has 6 heteroatoms. The largest absolute Gasteiger partial charge is 0.398 e. The lowest BCUT2D eigenvalue weighted by Gasteiger charge is -2.28. The molecular formula is C12H20N2O3S. The minimum atomic E-state index is -3.67. The summed E-state index contributed by atoms with van der Waals surface area (Å²) in [6, 6.07) is 6.32. The molecule has 1 rings (SSSR count). The van der Waals surface area contributed by atoms with Gasteiger partial charge in [0.05, 0.1) is 5.69 Å². The molecular weight excluding hydrogens is 252 g/mol. The first-order valence-electron chi connectivity index (χ1n) is 5.84. The third kappa shape index (κ3) is 3.44. The van der Waals surface area contributed by atoms with Crippen LogP contribution in [0.25, 0.3) is 0 Å².